The fourth-order valence-electron chi connectivity index (χ4n) is 2.52. The minimum Gasteiger partial charge on any atom is -0.398 e. The predicted molar refractivity (Wildman–Crippen MR) is 116 cm³/mol. The van der Waals surface area contributed by atoms with Crippen LogP contribution >= 0.6 is 34.3 Å². The van der Waals surface area contributed by atoms with Crippen molar-refractivity contribution >= 4 is 63.0 Å². The summed E-state index contributed by atoms with van der Waals surface area (Å²) in [6, 6.07) is 0. The van der Waals surface area contributed by atoms with Gasteiger partial charge in [0.2, 0.25) is 0 Å². The molecule has 1 aliphatic heterocycles. The summed E-state index contributed by atoms with van der Waals surface area (Å²) in [6.07, 6.45) is 6.55. The Bertz CT molecular complexity index is 997. The van der Waals surface area contributed by atoms with Crippen LogP contribution in [-0.4, -0.2) is 46.6 Å². The molecule has 1 aliphatic rings. The van der Waals surface area contributed by atoms with Crippen molar-refractivity contribution < 1.29 is 14.4 Å². The number of alkyl halides is 1. The number of halogens is 1. The number of hydrogen-bond donors (Lipinski definition) is 1. The van der Waals surface area contributed by atoms with Crippen molar-refractivity contribution in [2.75, 3.05) is 18.3 Å². The number of carbonyl (C=O) groups is 2. The first-order chi connectivity index (χ1) is 13.9. The third-order valence-electron chi connectivity index (χ3n) is 4.03. The van der Waals surface area contributed by atoms with Gasteiger partial charge in [0.15, 0.2) is 22.2 Å². The topological polar surface area (TPSA) is 106 Å². The van der Waals surface area contributed by atoms with Crippen LogP contribution in [0.25, 0.3) is 0 Å². The summed E-state index contributed by atoms with van der Waals surface area (Å²) in [6.45, 7) is 4.09. The van der Waals surface area contributed by atoms with Gasteiger partial charge in [-0.15, -0.1) is 34.3 Å². The van der Waals surface area contributed by atoms with Crippen molar-refractivity contribution in [3.05, 3.63) is 39.3 Å². The molecule has 1 N–H and O–H groups in total. The number of rotatable bonds is 8. The van der Waals surface area contributed by atoms with Crippen LogP contribution in [0.4, 0.5) is 5.13 Å². The van der Waals surface area contributed by atoms with Crippen LogP contribution in [0.15, 0.2) is 33.9 Å². The predicted octanol–water partition coefficient (Wildman–Crippen LogP) is 3.36. The van der Waals surface area contributed by atoms with Gasteiger partial charge in [0.1, 0.15) is 17.8 Å². The molecular formula is C18H18ClN5O3S2. The highest BCUT2D eigenvalue weighted by Gasteiger charge is 2.41. The molecule has 11 heteroatoms. The highest BCUT2D eigenvalue weighted by Crippen LogP contribution is 2.34. The summed E-state index contributed by atoms with van der Waals surface area (Å²) in [5, 5.41) is 9.01. The van der Waals surface area contributed by atoms with Crippen LogP contribution in [0.5, 0.6) is 0 Å². The zero-order valence-corrected chi connectivity index (χ0v) is 18.3. The number of carbonyl (C=O) groups excluding carboxylic acids is 2. The monoisotopic (exact) mass is 451 g/mol. The SMILES string of the molecule is CON=C(C(=O)Nc1ncc(C(C)C)s1)c1csc(C2(C(=O)CCl)C=CC=N2)n1. The third kappa shape index (κ3) is 4.29. The van der Waals surface area contributed by atoms with Crippen molar-refractivity contribution in [1.29, 1.82) is 0 Å². The highest BCUT2D eigenvalue weighted by atomic mass is 35.5. The van der Waals surface area contributed by atoms with Crippen LogP contribution in [0.3, 0.4) is 0 Å². The summed E-state index contributed by atoms with van der Waals surface area (Å²) < 4.78 is 0. The van der Waals surface area contributed by atoms with E-state index in [0.717, 1.165) is 4.88 Å². The van der Waals surface area contributed by atoms with Gasteiger partial charge >= 0.3 is 0 Å². The molecule has 0 aromatic carbocycles. The molecule has 8 nitrogen and oxygen atoms in total. The zero-order chi connectivity index (χ0) is 21.0. The van der Waals surface area contributed by atoms with Gasteiger partial charge in [0.05, 0.1) is 5.88 Å². The first kappa shape index (κ1) is 21.3. The average molecular weight is 452 g/mol. The smallest absolute Gasteiger partial charge is 0.281 e. The average Bonchev–Trinajstić information content (AvgIpc) is 3.45. The molecule has 0 aliphatic carbocycles. The molecule has 3 rings (SSSR count). The first-order valence-corrected chi connectivity index (χ1v) is 10.8. The number of amides is 1. The van der Waals surface area contributed by atoms with Crippen molar-refractivity contribution in [2.45, 2.75) is 25.3 Å². The van der Waals surface area contributed by atoms with Gasteiger partial charge in [0, 0.05) is 22.7 Å². The molecule has 29 heavy (non-hydrogen) atoms. The fourth-order valence-corrected chi connectivity index (χ4v) is 4.49. The van der Waals surface area contributed by atoms with Gasteiger partial charge in [-0.25, -0.2) is 9.97 Å². The Kier molecular flexibility index (Phi) is 6.56. The number of aromatic nitrogens is 2. The standard InChI is InChI=1S/C18H18ClN5O3S2/c1-10(2)12-8-20-17(29-12)23-15(26)14(24-27-3)11-9-28-16(22-11)18(13(25)7-19)5-4-6-21-18/h4-6,8-10H,7H2,1-3H3,(H,20,23,26). The van der Waals surface area contributed by atoms with E-state index in [2.05, 4.69) is 25.4 Å². The molecule has 0 fully saturated rings. The first-order valence-electron chi connectivity index (χ1n) is 8.58. The molecular weight excluding hydrogens is 434 g/mol. The minimum absolute atomic E-state index is 0.0317. The Labute approximate surface area is 180 Å². The molecule has 0 spiro atoms. The van der Waals surface area contributed by atoms with E-state index in [-0.39, 0.29) is 23.1 Å². The van der Waals surface area contributed by atoms with Gasteiger partial charge in [-0.1, -0.05) is 19.0 Å². The number of oxime groups is 1. The van der Waals surface area contributed by atoms with Crippen molar-refractivity contribution in [1.82, 2.24) is 9.97 Å². The van der Waals surface area contributed by atoms with Crippen molar-refractivity contribution in [3.8, 4) is 0 Å². The lowest BCUT2D eigenvalue weighted by Crippen LogP contribution is -2.32. The molecule has 1 atom stereocenters. The molecule has 0 saturated carbocycles. The van der Waals surface area contributed by atoms with E-state index < -0.39 is 11.4 Å². The molecule has 0 radical (unpaired) electrons. The fraction of sp³-hybridized carbons (Fsp3) is 0.333. The number of anilines is 1. The lowest BCUT2D eigenvalue weighted by atomic mass is 9.97. The number of nitrogens with zero attached hydrogens (tertiary/aromatic N) is 4. The number of thiazole rings is 2. The van der Waals surface area contributed by atoms with E-state index in [9.17, 15) is 9.59 Å². The van der Waals surface area contributed by atoms with Crippen LogP contribution in [0, 0.1) is 0 Å². The molecule has 0 saturated heterocycles. The molecule has 3 heterocycles. The van der Waals surface area contributed by atoms with Crippen LogP contribution in [-0.2, 0) is 20.0 Å². The Balaban J connectivity index is 1.87. The van der Waals surface area contributed by atoms with Gasteiger partial charge in [-0.3, -0.25) is 19.9 Å². The van der Waals surface area contributed by atoms with E-state index in [4.69, 9.17) is 16.4 Å². The number of ketones is 1. The minimum atomic E-state index is -1.26. The van der Waals surface area contributed by atoms with E-state index in [1.54, 1.807) is 23.7 Å². The Morgan fingerprint density at radius 1 is 1.41 bits per heavy atom. The maximum Gasteiger partial charge on any atom is 0.281 e. The number of allylic oxidation sites excluding steroid dienone is 1. The second-order valence-electron chi connectivity index (χ2n) is 6.30. The van der Waals surface area contributed by atoms with Crippen LogP contribution in [0.2, 0.25) is 0 Å². The highest BCUT2D eigenvalue weighted by molar-refractivity contribution is 7.16. The molecule has 2 aromatic rings. The van der Waals surface area contributed by atoms with Crippen LogP contribution < -0.4 is 5.32 Å². The maximum atomic E-state index is 12.8. The summed E-state index contributed by atoms with van der Waals surface area (Å²) in [5.74, 6) is -0.722. The maximum absolute atomic E-state index is 12.8. The van der Waals surface area contributed by atoms with Crippen molar-refractivity contribution in [2.24, 2.45) is 10.1 Å². The Morgan fingerprint density at radius 3 is 2.79 bits per heavy atom. The van der Waals surface area contributed by atoms with E-state index >= 15 is 0 Å². The molecule has 1 amide bonds. The van der Waals surface area contributed by atoms with Gasteiger partial charge in [-0.05, 0) is 18.1 Å². The quantitative estimate of drug-likeness (QED) is 0.376. The van der Waals surface area contributed by atoms with E-state index in [0.29, 0.717) is 16.1 Å². The van der Waals surface area contributed by atoms with E-state index in [1.165, 1.54) is 36.0 Å². The zero-order valence-electron chi connectivity index (χ0n) is 15.9. The number of aliphatic imine (C=N–C) groups is 1. The summed E-state index contributed by atoms with van der Waals surface area (Å²) >= 11 is 8.34. The second kappa shape index (κ2) is 8.93. The molecule has 2 aromatic heterocycles. The Morgan fingerprint density at radius 2 is 2.21 bits per heavy atom. The normalized spacial score (nSPS) is 18.4. The Hall–Kier alpha value is -2.43. The third-order valence-corrected chi connectivity index (χ3v) is 6.45. The van der Waals surface area contributed by atoms with Crippen molar-refractivity contribution in [3.63, 3.8) is 0 Å². The summed E-state index contributed by atoms with van der Waals surface area (Å²) in [4.78, 5) is 43.9. The number of nitrogens with one attached hydrogen (secondary N) is 1. The summed E-state index contributed by atoms with van der Waals surface area (Å²) in [5.41, 5.74) is -1.03. The van der Waals surface area contributed by atoms with Gasteiger partial charge < -0.3 is 4.84 Å². The number of Topliss-reactive ketones (excluding diaryl/α,β-unsaturated/α-hetero) is 1. The molecule has 1 unspecified atom stereocenters. The van der Waals surface area contributed by atoms with Gasteiger partial charge in [-0.2, -0.15) is 0 Å². The lowest BCUT2D eigenvalue weighted by Gasteiger charge is -2.18. The van der Waals surface area contributed by atoms with Crippen LogP contribution in [0.1, 0.15) is 35.3 Å². The molecule has 0 bridgehead atoms. The van der Waals surface area contributed by atoms with Gasteiger partial charge in [0.25, 0.3) is 5.91 Å². The largest absolute Gasteiger partial charge is 0.398 e. The van der Waals surface area contributed by atoms with E-state index in [1.807, 2.05) is 13.8 Å². The lowest BCUT2D eigenvalue weighted by molar-refractivity contribution is -0.120. The second-order valence-corrected chi connectivity index (χ2v) is 8.49. The molecule has 152 valence electrons. The summed E-state index contributed by atoms with van der Waals surface area (Å²) in [7, 11) is 1.34. The number of hydrogen-bond acceptors (Lipinski definition) is 9.